The van der Waals surface area contributed by atoms with Crippen molar-refractivity contribution in [2.75, 3.05) is 18.1 Å². The minimum atomic E-state index is -2.98. The Bertz CT molecular complexity index is 632. The van der Waals surface area contributed by atoms with Crippen LogP contribution < -0.4 is 5.32 Å². The molecule has 0 amide bonds. The molecule has 0 fully saturated rings. The molecule has 0 aliphatic carbocycles. The van der Waals surface area contributed by atoms with Gasteiger partial charge in [0.25, 0.3) is 0 Å². The summed E-state index contributed by atoms with van der Waals surface area (Å²) in [6.45, 7) is 2.01. The van der Waals surface area contributed by atoms with Gasteiger partial charge in [-0.15, -0.1) is 0 Å². The number of nitrogens with zero attached hydrogens (tertiary/aromatic N) is 2. The number of rotatable bonds is 7. The summed E-state index contributed by atoms with van der Waals surface area (Å²) in [5, 5.41) is 3.20. The normalized spacial score (nSPS) is 13.5. The Morgan fingerprint density at radius 1 is 1.50 bits per heavy atom. The lowest BCUT2D eigenvalue weighted by atomic mass is 10.2. The third-order valence-electron chi connectivity index (χ3n) is 3.15. The van der Waals surface area contributed by atoms with Gasteiger partial charge in [-0.05, 0) is 12.1 Å². The van der Waals surface area contributed by atoms with Crippen molar-refractivity contribution < 1.29 is 12.8 Å². The van der Waals surface area contributed by atoms with Gasteiger partial charge in [0.15, 0.2) is 9.84 Å². The molecule has 2 heterocycles. The van der Waals surface area contributed by atoms with Crippen LogP contribution in [0.25, 0.3) is 0 Å². The molecule has 0 spiro atoms. The Morgan fingerprint density at radius 3 is 2.85 bits per heavy atom. The van der Waals surface area contributed by atoms with Crippen LogP contribution in [0.3, 0.4) is 0 Å². The van der Waals surface area contributed by atoms with Gasteiger partial charge >= 0.3 is 0 Å². The van der Waals surface area contributed by atoms with E-state index in [4.69, 9.17) is 4.42 Å². The standard InChI is InChI=1S/C13H19N3O3S/c1-3-20(17,18)10-7-14-12(11-5-4-9-19-11)13-15-6-8-16(13)2/h4-6,8-9,12,14H,3,7,10H2,1-2H3. The van der Waals surface area contributed by atoms with Gasteiger partial charge in [0.1, 0.15) is 17.6 Å². The zero-order chi connectivity index (χ0) is 14.6. The quantitative estimate of drug-likeness (QED) is 0.829. The SMILES string of the molecule is CCS(=O)(=O)CCNC(c1ccco1)c1nccn1C. The van der Waals surface area contributed by atoms with Crippen molar-refractivity contribution in [3.63, 3.8) is 0 Å². The molecule has 2 aromatic rings. The summed E-state index contributed by atoms with van der Waals surface area (Å²) >= 11 is 0. The summed E-state index contributed by atoms with van der Waals surface area (Å²) in [4.78, 5) is 4.30. The first-order chi connectivity index (χ1) is 9.53. The predicted octanol–water partition coefficient (Wildman–Crippen LogP) is 1.13. The monoisotopic (exact) mass is 297 g/mol. The van der Waals surface area contributed by atoms with Crippen molar-refractivity contribution in [1.29, 1.82) is 0 Å². The predicted molar refractivity (Wildman–Crippen MR) is 76.1 cm³/mol. The van der Waals surface area contributed by atoms with Crippen LogP contribution in [0.1, 0.15) is 24.6 Å². The first-order valence-electron chi connectivity index (χ1n) is 6.48. The topological polar surface area (TPSA) is 77.1 Å². The average Bonchev–Trinajstić information content (AvgIpc) is 3.06. The molecule has 20 heavy (non-hydrogen) atoms. The third kappa shape index (κ3) is 3.49. The largest absolute Gasteiger partial charge is 0.467 e. The summed E-state index contributed by atoms with van der Waals surface area (Å²) in [6.07, 6.45) is 5.14. The fraction of sp³-hybridized carbons (Fsp3) is 0.462. The van der Waals surface area contributed by atoms with Crippen LogP contribution in [0.5, 0.6) is 0 Å². The summed E-state index contributed by atoms with van der Waals surface area (Å²) in [5.74, 6) is 1.76. The first kappa shape index (κ1) is 14.8. The van der Waals surface area contributed by atoms with E-state index in [0.717, 1.165) is 5.82 Å². The molecule has 1 N–H and O–H groups in total. The second kappa shape index (κ2) is 6.23. The maximum atomic E-state index is 11.5. The minimum absolute atomic E-state index is 0.102. The molecular formula is C13H19N3O3S. The van der Waals surface area contributed by atoms with Crippen LogP contribution in [-0.2, 0) is 16.9 Å². The second-order valence-electron chi connectivity index (χ2n) is 4.54. The number of furan rings is 1. The molecule has 1 atom stereocenters. The van der Waals surface area contributed by atoms with E-state index < -0.39 is 9.84 Å². The fourth-order valence-corrected chi connectivity index (χ4v) is 2.65. The van der Waals surface area contributed by atoms with E-state index in [1.165, 1.54) is 0 Å². The summed E-state index contributed by atoms with van der Waals surface area (Å²) in [5.41, 5.74) is 0. The summed E-state index contributed by atoms with van der Waals surface area (Å²) in [6, 6.07) is 3.40. The molecule has 0 bridgehead atoms. The number of hydrogen-bond donors (Lipinski definition) is 1. The van der Waals surface area contributed by atoms with E-state index in [0.29, 0.717) is 12.3 Å². The molecule has 0 saturated carbocycles. The molecule has 1 unspecified atom stereocenters. The van der Waals surface area contributed by atoms with E-state index in [9.17, 15) is 8.42 Å². The Labute approximate surface area is 118 Å². The number of nitrogens with one attached hydrogen (secondary N) is 1. The highest BCUT2D eigenvalue weighted by atomic mass is 32.2. The fourth-order valence-electron chi connectivity index (χ4n) is 1.93. The molecule has 0 aliphatic rings. The second-order valence-corrected chi connectivity index (χ2v) is 7.01. The van der Waals surface area contributed by atoms with E-state index in [1.54, 1.807) is 25.5 Å². The van der Waals surface area contributed by atoms with Gasteiger partial charge in [0, 0.05) is 31.7 Å². The number of sulfone groups is 1. The van der Waals surface area contributed by atoms with Crippen LogP contribution in [-0.4, -0.2) is 36.0 Å². The number of aromatic nitrogens is 2. The highest BCUT2D eigenvalue weighted by molar-refractivity contribution is 7.91. The van der Waals surface area contributed by atoms with Crippen molar-refractivity contribution in [1.82, 2.24) is 14.9 Å². The maximum absolute atomic E-state index is 11.5. The Kier molecular flexibility index (Phi) is 4.61. The molecule has 6 nitrogen and oxygen atoms in total. The molecule has 110 valence electrons. The van der Waals surface area contributed by atoms with Crippen molar-refractivity contribution in [3.8, 4) is 0 Å². The van der Waals surface area contributed by atoms with Crippen LogP contribution in [0.2, 0.25) is 0 Å². The maximum Gasteiger partial charge on any atom is 0.151 e. The van der Waals surface area contributed by atoms with Crippen LogP contribution in [0, 0.1) is 0 Å². The molecule has 2 aromatic heterocycles. The lowest BCUT2D eigenvalue weighted by molar-refractivity contribution is 0.435. The first-order valence-corrected chi connectivity index (χ1v) is 8.30. The molecule has 0 aliphatic heterocycles. The minimum Gasteiger partial charge on any atom is -0.467 e. The molecule has 7 heteroatoms. The highest BCUT2D eigenvalue weighted by Crippen LogP contribution is 2.20. The van der Waals surface area contributed by atoms with Gasteiger partial charge in [-0.1, -0.05) is 6.92 Å². The molecule has 0 radical (unpaired) electrons. The smallest absolute Gasteiger partial charge is 0.151 e. The average molecular weight is 297 g/mol. The lowest BCUT2D eigenvalue weighted by Gasteiger charge is -2.16. The van der Waals surface area contributed by atoms with Gasteiger partial charge in [-0.2, -0.15) is 0 Å². The van der Waals surface area contributed by atoms with Crippen molar-refractivity contribution in [2.45, 2.75) is 13.0 Å². The molecule has 2 rings (SSSR count). The van der Waals surface area contributed by atoms with Gasteiger partial charge in [0.05, 0.1) is 12.0 Å². The Morgan fingerprint density at radius 2 is 2.30 bits per heavy atom. The Hall–Kier alpha value is -1.60. The van der Waals surface area contributed by atoms with Crippen LogP contribution in [0.4, 0.5) is 0 Å². The van der Waals surface area contributed by atoms with Gasteiger partial charge in [0.2, 0.25) is 0 Å². The lowest BCUT2D eigenvalue weighted by Crippen LogP contribution is -2.30. The number of hydrogen-bond acceptors (Lipinski definition) is 5. The van der Waals surface area contributed by atoms with Crippen LogP contribution in [0.15, 0.2) is 35.2 Å². The van der Waals surface area contributed by atoms with Crippen molar-refractivity contribution >= 4 is 9.84 Å². The molecule has 0 aromatic carbocycles. The number of aryl methyl sites for hydroxylation is 1. The highest BCUT2D eigenvalue weighted by Gasteiger charge is 2.21. The van der Waals surface area contributed by atoms with Crippen molar-refractivity contribution in [2.24, 2.45) is 7.05 Å². The van der Waals surface area contributed by atoms with Crippen LogP contribution >= 0.6 is 0 Å². The zero-order valence-electron chi connectivity index (χ0n) is 11.6. The van der Waals surface area contributed by atoms with Gasteiger partial charge < -0.3 is 14.3 Å². The zero-order valence-corrected chi connectivity index (χ0v) is 12.4. The molecule has 0 saturated heterocycles. The van der Waals surface area contributed by atoms with Gasteiger partial charge in [-0.3, -0.25) is 0 Å². The van der Waals surface area contributed by atoms with E-state index >= 15 is 0 Å². The third-order valence-corrected chi connectivity index (χ3v) is 4.85. The van der Waals surface area contributed by atoms with E-state index in [2.05, 4.69) is 10.3 Å². The van der Waals surface area contributed by atoms with E-state index in [-0.39, 0.29) is 17.5 Å². The number of imidazole rings is 1. The summed E-state index contributed by atoms with van der Waals surface area (Å²) < 4.78 is 30.4. The molecular weight excluding hydrogens is 278 g/mol. The van der Waals surface area contributed by atoms with E-state index in [1.807, 2.05) is 23.9 Å². The van der Waals surface area contributed by atoms with Crippen molar-refractivity contribution in [3.05, 3.63) is 42.4 Å². The summed E-state index contributed by atoms with van der Waals surface area (Å²) in [7, 11) is -1.09. The van der Waals surface area contributed by atoms with Gasteiger partial charge in [-0.25, -0.2) is 13.4 Å². The Balaban J connectivity index is 2.11.